The summed E-state index contributed by atoms with van der Waals surface area (Å²) >= 11 is 1.57. The van der Waals surface area contributed by atoms with Gasteiger partial charge in [-0.25, -0.2) is 9.68 Å². The van der Waals surface area contributed by atoms with Gasteiger partial charge in [0, 0.05) is 12.3 Å². The summed E-state index contributed by atoms with van der Waals surface area (Å²) in [6.07, 6.45) is 0.460. The zero-order valence-electron chi connectivity index (χ0n) is 9.82. The molecule has 3 unspecified atom stereocenters. The number of hydrogen-bond acceptors (Lipinski definition) is 6. The molecule has 1 fully saturated rings. The summed E-state index contributed by atoms with van der Waals surface area (Å²) in [6.45, 7) is 0.357. The first-order valence-corrected chi connectivity index (χ1v) is 6.51. The molecule has 0 spiro atoms. The van der Waals surface area contributed by atoms with Crippen LogP contribution in [0.25, 0.3) is 0 Å². The second-order valence-corrected chi connectivity index (χ2v) is 4.55. The number of aromatic nitrogens is 2. The first-order chi connectivity index (χ1) is 9.11. The number of nitrogens with one attached hydrogen (secondary N) is 1. The van der Waals surface area contributed by atoms with Crippen molar-refractivity contribution in [3.8, 4) is 0 Å². The fourth-order valence-corrected chi connectivity index (χ4v) is 2.15. The van der Waals surface area contributed by atoms with E-state index < -0.39 is 23.5 Å². The fraction of sp³-hybridized carbons (Fsp3) is 0.600. The highest BCUT2D eigenvalue weighted by Gasteiger charge is 2.31. The van der Waals surface area contributed by atoms with E-state index in [2.05, 4.69) is 8.20 Å². The Morgan fingerprint density at radius 2 is 2.37 bits per heavy atom. The van der Waals surface area contributed by atoms with E-state index in [-0.39, 0.29) is 19.3 Å². The quantitative estimate of drug-likeness (QED) is 0.413. The minimum atomic E-state index is -0.774. The number of aromatic amines is 1. The Kier molecular flexibility index (Phi) is 5.10. The molecule has 2 N–H and O–H groups in total. The van der Waals surface area contributed by atoms with Crippen LogP contribution in [0.2, 0.25) is 0 Å². The van der Waals surface area contributed by atoms with Gasteiger partial charge in [-0.15, -0.1) is 0 Å². The van der Waals surface area contributed by atoms with Crippen LogP contribution in [-0.4, -0.2) is 40.1 Å². The van der Waals surface area contributed by atoms with E-state index in [1.807, 2.05) is 0 Å². The van der Waals surface area contributed by atoms with Gasteiger partial charge < -0.3 is 9.84 Å². The van der Waals surface area contributed by atoms with Crippen molar-refractivity contribution < 1.29 is 17.9 Å². The Morgan fingerprint density at radius 3 is 3.00 bits per heavy atom. The molecule has 0 amide bonds. The van der Waals surface area contributed by atoms with Crippen LogP contribution in [0.15, 0.2) is 21.9 Å². The van der Waals surface area contributed by atoms with E-state index in [0.29, 0.717) is 6.42 Å². The molecule has 1 aliphatic rings. The maximum absolute atomic E-state index is 11.6. The first-order valence-electron chi connectivity index (χ1n) is 5.63. The molecule has 1 saturated heterocycles. The first kappa shape index (κ1) is 14.7. The number of halogens is 1. The van der Waals surface area contributed by atoms with E-state index in [0.717, 1.165) is 0 Å². The van der Waals surface area contributed by atoms with Crippen LogP contribution < -0.4 is 11.2 Å². The number of hydrogen-bond donors (Lipinski definition) is 2. The van der Waals surface area contributed by atoms with Crippen molar-refractivity contribution in [2.75, 3.05) is 13.2 Å². The van der Waals surface area contributed by atoms with Crippen molar-refractivity contribution in [3.05, 3.63) is 33.1 Å². The Balaban J connectivity index is 2.05. The topological polar surface area (TPSA) is 103 Å². The van der Waals surface area contributed by atoms with Crippen molar-refractivity contribution in [2.45, 2.75) is 24.7 Å². The molecule has 0 aliphatic carbocycles. The lowest BCUT2D eigenvalue weighted by molar-refractivity contribution is -0.218. The Bertz CT molecular complexity index is 529. The number of H-pyrrole nitrogens is 1. The number of rotatable bonds is 4. The van der Waals surface area contributed by atoms with Crippen LogP contribution in [0.1, 0.15) is 12.5 Å². The molecule has 0 saturated carbocycles. The zero-order valence-corrected chi connectivity index (χ0v) is 12.0. The third kappa shape index (κ3) is 3.63. The van der Waals surface area contributed by atoms with Gasteiger partial charge in [-0.2, -0.15) is 3.22 Å². The van der Waals surface area contributed by atoms with E-state index in [1.54, 1.807) is 23.0 Å². The van der Waals surface area contributed by atoms with Crippen molar-refractivity contribution in [2.24, 2.45) is 0 Å². The fourth-order valence-electron chi connectivity index (χ4n) is 2.00. The molecule has 106 valence electrons. The third-order valence-electron chi connectivity index (χ3n) is 2.97. The molecule has 9 heteroatoms. The number of aliphatic hydroxyl groups is 1. The number of ether oxygens (including phenoxy) is 1. The van der Waals surface area contributed by atoms with Crippen molar-refractivity contribution in [3.63, 3.8) is 0 Å². The van der Waals surface area contributed by atoms with Crippen LogP contribution in [0, 0.1) is 0 Å². The minimum absolute atomic E-state index is 0.108. The molecular weight excluding hydrogens is 371 g/mol. The van der Waals surface area contributed by atoms with Crippen molar-refractivity contribution in [1.29, 1.82) is 0 Å². The molecule has 0 bridgehead atoms. The molecular formula is C10H13IN2O6. The molecule has 0 aromatic carbocycles. The molecule has 8 nitrogen and oxygen atoms in total. The molecule has 1 aromatic heterocycles. The van der Waals surface area contributed by atoms with Gasteiger partial charge in [-0.1, -0.05) is 0 Å². The lowest BCUT2D eigenvalue weighted by atomic mass is 10.0. The van der Waals surface area contributed by atoms with E-state index in [4.69, 9.17) is 9.62 Å². The summed E-state index contributed by atoms with van der Waals surface area (Å²) in [5.41, 5.74) is -0.970. The second kappa shape index (κ2) is 6.61. The van der Waals surface area contributed by atoms with Crippen LogP contribution in [0.5, 0.6) is 0 Å². The average molecular weight is 384 g/mol. The van der Waals surface area contributed by atoms with Gasteiger partial charge in [0.1, 0.15) is 12.7 Å². The third-order valence-corrected chi connectivity index (χ3v) is 3.22. The standard InChI is InChI=1S/C10H13IN2O6/c11-19-18-5-8-7(14)3-6(4-17-8)13-2-1-9(15)12-10(13)16/h1-2,6-8,14H,3-5H2,(H,12,15,16). The minimum Gasteiger partial charge on any atom is -0.390 e. The largest absolute Gasteiger partial charge is 0.390 e. The maximum Gasteiger partial charge on any atom is 0.328 e. The normalized spacial score (nSPS) is 27.4. The molecule has 1 aromatic rings. The number of aliphatic hydroxyl groups excluding tert-OH is 1. The Morgan fingerprint density at radius 1 is 1.58 bits per heavy atom. The van der Waals surface area contributed by atoms with Gasteiger partial charge in [0.15, 0.2) is 23.0 Å². The van der Waals surface area contributed by atoms with Crippen LogP contribution in [0.4, 0.5) is 0 Å². The molecule has 3 atom stereocenters. The van der Waals surface area contributed by atoms with Crippen LogP contribution >= 0.6 is 23.0 Å². The highest BCUT2D eigenvalue weighted by molar-refractivity contribution is 14.1. The smallest absolute Gasteiger partial charge is 0.328 e. The lowest BCUT2D eigenvalue weighted by Gasteiger charge is -2.33. The predicted molar refractivity (Wildman–Crippen MR) is 71.8 cm³/mol. The van der Waals surface area contributed by atoms with E-state index in [1.165, 1.54) is 16.8 Å². The summed E-state index contributed by atoms with van der Waals surface area (Å²) in [5.74, 6) is 0. The van der Waals surface area contributed by atoms with Crippen molar-refractivity contribution >= 4 is 23.0 Å². The summed E-state index contributed by atoms with van der Waals surface area (Å²) in [6, 6.07) is 0.934. The molecule has 19 heavy (non-hydrogen) atoms. The lowest BCUT2D eigenvalue weighted by Crippen LogP contribution is -2.44. The summed E-state index contributed by atoms with van der Waals surface area (Å²) in [7, 11) is 0. The summed E-state index contributed by atoms with van der Waals surface area (Å²) < 4.78 is 11.2. The van der Waals surface area contributed by atoms with Crippen molar-refractivity contribution in [1.82, 2.24) is 9.55 Å². The molecule has 2 rings (SSSR count). The van der Waals surface area contributed by atoms with Crippen LogP contribution in [0.3, 0.4) is 0 Å². The second-order valence-electron chi connectivity index (χ2n) is 4.19. The van der Waals surface area contributed by atoms with Gasteiger partial charge in [-0.3, -0.25) is 14.3 Å². The average Bonchev–Trinajstić information content (AvgIpc) is 2.37. The summed E-state index contributed by atoms with van der Waals surface area (Å²) in [4.78, 5) is 29.5. The molecule has 1 aliphatic heterocycles. The van der Waals surface area contributed by atoms with Gasteiger partial charge in [0.2, 0.25) is 0 Å². The Hall–Kier alpha value is -0.750. The summed E-state index contributed by atoms with van der Waals surface area (Å²) in [5, 5.41) is 9.92. The highest BCUT2D eigenvalue weighted by atomic mass is 127. The van der Waals surface area contributed by atoms with E-state index >= 15 is 0 Å². The highest BCUT2D eigenvalue weighted by Crippen LogP contribution is 2.22. The monoisotopic (exact) mass is 384 g/mol. The predicted octanol–water partition coefficient (Wildman–Crippen LogP) is -0.474. The SMILES string of the molecule is O=c1ccn(C2COC(COOI)C(O)C2)c(=O)[nH]1. The number of nitrogens with zero attached hydrogens (tertiary/aromatic N) is 1. The Labute approximate surface area is 121 Å². The van der Waals surface area contributed by atoms with Gasteiger partial charge in [-0.05, 0) is 6.42 Å². The van der Waals surface area contributed by atoms with Gasteiger partial charge >= 0.3 is 5.69 Å². The molecule has 0 radical (unpaired) electrons. The van der Waals surface area contributed by atoms with Crippen LogP contribution in [-0.2, 0) is 12.8 Å². The zero-order chi connectivity index (χ0) is 13.8. The maximum atomic E-state index is 11.6. The molecule has 2 heterocycles. The van der Waals surface area contributed by atoms with E-state index in [9.17, 15) is 14.7 Å². The van der Waals surface area contributed by atoms with Gasteiger partial charge in [0.05, 0.1) is 18.8 Å². The van der Waals surface area contributed by atoms with Gasteiger partial charge in [0.25, 0.3) is 5.56 Å².